The molecule has 3 rings (SSSR count). The van der Waals surface area contributed by atoms with Crippen LogP contribution < -0.4 is 10.5 Å². The minimum absolute atomic E-state index is 0.0418. The molecule has 1 saturated heterocycles. The quantitative estimate of drug-likeness (QED) is 0.495. The molecule has 1 aliphatic heterocycles. The number of nitrogens with zero attached hydrogens (tertiary/aromatic N) is 1. The van der Waals surface area contributed by atoms with Gasteiger partial charge in [-0.25, -0.2) is 8.42 Å². The first-order valence-electron chi connectivity index (χ1n) is 7.75. The third-order valence-corrected chi connectivity index (χ3v) is 7.27. The molecule has 0 saturated carbocycles. The first kappa shape index (κ1) is 18.8. The number of nitrogen functional groups attached to an aromatic ring is 1. The van der Waals surface area contributed by atoms with Gasteiger partial charge in [0, 0.05) is 24.0 Å². The normalized spacial score (nSPS) is 17.7. The van der Waals surface area contributed by atoms with Gasteiger partial charge in [-0.3, -0.25) is 10.2 Å². The molecule has 0 bridgehead atoms. The Bertz CT molecular complexity index is 958. The van der Waals surface area contributed by atoms with Crippen LogP contribution >= 0.6 is 22.9 Å². The number of thiophene rings is 1. The maximum absolute atomic E-state index is 12.6. The van der Waals surface area contributed by atoms with Gasteiger partial charge in [0.2, 0.25) is 5.91 Å². The van der Waals surface area contributed by atoms with Gasteiger partial charge in [0.1, 0.15) is 16.1 Å². The van der Waals surface area contributed by atoms with Gasteiger partial charge < -0.3 is 10.6 Å². The highest BCUT2D eigenvalue weighted by atomic mass is 35.5. The first-order chi connectivity index (χ1) is 12.3. The fourth-order valence-corrected chi connectivity index (χ4v) is 5.39. The van der Waals surface area contributed by atoms with Crippen molar-refractivity contribution < 1.29 is 13.2 Å². The summed E-state index contributed by atoms with van der Waals surface area (Å²) in [5, 5.41) is 9.36. The Balaban J connectivity index is 1.68. The van der Waals surface area contributed by atoms with Crippen LogP contribution in [0, 0.1) is 5.41 Å². The Hall–Kier alpha value is -1.94. The monoisotopic (exact) mass is 412 g/mol. The molecule has 0 aliphatic carbocycles. The Labute approximate surface area is 160 Å². The summed E-state index contributed by atoms with van der Waals surface area (Å²) in [7, 11) is -3.78. The molecule has 1 aromatic carbocycles. The number of carbonyl (C=O) groups excluding carboxylic acids is 1. The molecule has 2 aromatic rings. The third-order valence-electron chi connectivity index (χ3n) is 4.01. The number of benzene rings is 1. The minimum atomic E-state index is -3.78. The average molecular weight is 413 g/mol. The molecular formula is C16H17ClN4O3S2. The molecule has 10 heteroatoms. The SMILES string of the molecule is N=C(N)c1cccc(CN2CCC(NS(=O)(=O)c3cc(Cl)cs3)C2=O)c1. The van der Waals surface area contributed by atoms with Crippen LogP contribution in [0.1, 0.15) is 17.5 Å². The van der Waals surface area contributed by atoms with Crippen LogP contribution in [0.3, 0.4) is 0 Å². The van der Waals surface area contributed by atoms with Crippen LogP contribution in [-0.2, 0) is 21.4 Å². The lowest BCUT2D eigenvalue weighted by atomic mass is 10.1. The summed E-state index contributed by atoms with van der Waals surface area (Å²) in [6, 6.07) is 7.65. The highest BCUT2D eigenvalue weighted by Crippen LogP contribution is 2.25. The Morgan fingerprint density at radius 2 is 2.19 bits per heavy atom. The van der Waals surface area contributed by atoms with Gasteiger partial charge in [0.25, 0.3) is 10.0 Å². The van der Waals surface area contributed by atoms with Gasteiger partial charge in [-0.15, -0.1) is 11.3 Å². The van der Waals surface area contributed by atoms with Crippen LogP contribution in [0.5, 0.6) is 0 Å². The van der Waals surface area contributed by atoms with Gasteiger partial charge in [-0.1, -0.05) is 29.8 Å². The van der Waals surface area contributed by atoms with Crippen LogP contribution in [0.25, 0.3) is 0 Å². The molecule has 0 spiro atoms. The molecule has 4 N–H and O–H groups in total. The van der Waals surface area contributed by atoms with E-state index < -0.39 is 16.1 Å². The van der Waals surface area contributed by atoms with E-state index in [4.69, 9.17) is 22.7 Å². The van der Waals surface area contributed by atoms with Gasteiger partial charge in [-0.2, -0.15) is 4.72 Å². The van der Waals surface area contributed by atoms with E-state index in [1.54, 1.807) is 23.1 Å². The fourth-order valence-electron chi connectivity index (χ4n) is 2.74. The summed E-state index contributed by atoms with van der Waals surface area (Å²) < 4.78 is 27.3. The smallest absolute Gasteiger partial charge is 0.250 e. The number of carbonyl (C=O) groups is 1. The maximum atomic E-state index is 12.6. The number of amidine groups is 1. The predicted molar refractivity (Wildman–Crippen MR) is 101 cm³/mol. The second kappa shape index (κ2) is 7.36. The van der Waals surface area contributed by atoms with Crippen molar-refractivity contribution in [1.82, 2.24) is 9.62 Å². The summed E-state index contributed by atoms with van der Waals surface area (Å²) in [5.74, 6) is -0.315. The molecular weight excluding hydrogens is 396 g/mol. The van der Waals surface area contributed by atoms with E-state index in [-0.39, 0.29) is 16.0 Å². The molecule has 1 unspecified atom stereocenters. The van der Waals surface area contributed by atoms with Crippen molar-refractivity contribution in [2.24, 2.45) is 5.73 Å². The number of amides is 1. The van der Waals surface area contributed by atoms with E-state index in [1.807, 2.05) is 6.07 Å². The molecule has 1 atom stereocenters. The van der Waals surface area contributed by atoms with Crippen LogP contribution in [0.4, 0.5) is 0 Å². The second-order valence-electron chi connectivity index (χ2n) is 5.92. The van der Waals surface area contributed by atoms with E-state index in [0.717, 1.165) is 16.9 Å². The topological polar surface area (TPSA) is 116 Å². The lowest BCUT2D eigenvalue weighted by molar-refractivity contribution is -0.129. The van der Waals surface area contributed by atoms with E-state index in [9.17, 15) is 13.2 Å². The summed E-state index contributed by atoms with van der Waals surface area (Å²) in [5.41, 5.74) is 6.90. The van der Waals surface area contributed by atoms with Crippen LogP contribution in [-0.4, -0.2) is 37.6 Å². The summed E-state index contributed by atoms with van der Waals surface area (Å²) >= 11 is 6.79. The molecule has 1 fully saturated rings. The molecule has 26 heavy (non-hydrogen) atoms. The molecule has 2 heterocycles. The zero-order valence-electron chi connectivity index (χ0n) is 13.6. The number of sulfonamides is 1. The largest absolute Gasteiger partial charge is 0.384 e. The van der Waals surface area contributed by atoms with Gasteiger partial charge in [0.15, 0.2) is 0 Å². The Kier molecular flexibility index (Phi) is 5.33. The van der Waals surface area contributed by atoms with Crippen molar-refractivity contribution in [1.29, 1.82) is 5.41 Å². The number of likely N-dealkylation sites (tertiary alicyclic amines) is 1. The minimum Gasteiger partial charge on any atom is -0.384 e. The third kappa shape index (κ3) is 4.07. The predicted octanol–water partition coefficient (Wildman–Crippen LogP) is 1.76. The number of hydrogen-bond acceptors (Lipinski definition) is 5. The number of rotatable bonds is 6. The number of nitrogens with two attached hydrogens (primary N) is 1. The zero-order valence-corrected chi connectivity index (χ0v) is 16.0. The first-order valence-corrected chi connectivity index (χ1v) is 10.5. The van der Waals surface area contributed by atoms with Crippen molar-refractivity contribution in [3.63, 3.8) is 0 Å². The van der Waals surface area contributed by atoms with Crippen molar-refractivity contribution in [3.05, 3.63) is 51.9 Å². The standard InChI is InChI=1S/C16H17ClN4O3S2/c17-12-7-14(25-9-12)26(23,24)20-13-4-5-21(16(13)22)8-10-2-1-3-11(6-10)15(18)19/h1-3,6-7,9,13,20H,4-5,8H2,(H3,18,19). The summed E-state index contributed by atoms with van der Waals surface area (Å²) in [6.07, 6.45) is 0.392. The van der Waals surface area contributed by atoms with Crippen LogP contribution in [0.2, 0.25) is 5.02 Å². The number of hydrogen-bond donors (Lipinski definition) is 3. The fraction of sp³-hybridized carbons (Fsp3) is 0.250. The van der Waals surface area contributed by atoms with Crippen molar-refractivity contribution in [2.75, 3.05) is 6.54 Å². The van der Waals surface area contributed by atoms with E-state index in [2.05, 4.69) is 4.72 Å². The summed E-state index contributed by atoms with van der Waals surface area (Å²) in [6.45, 7) is 0.782. The molecule has 1 aromatic heterocycles. The molecule has 138 valence electrons. The highest BCUT2D eigenvalue weighted by molar-refractivity contribution is 7.91. The Morgan fingerprint density at radius 1 is 1.42 bits per heavy atom. The average Bonchev–Trinajstić information content (AvgIpc) is 3.16. The molecule has 0 radical (unpaired) electrons. The van der Waals surface area contributed by atoms with E-state index in [1.165, 1.54) is 11.4 Å². The van der Waals surface area contributed by atoms with Gasteiger partial charge >= 0.3 is 0 Å². The molecule has 1 aliphatic rings. The van der Waals surface area contributed by atoms with E-state index in [0.29, 0.717) is 30.1 Å². The number of halogens is 1. The molecule has 1 amide bonds. The summed E-state index contributed by atoms with van der Waals surface area (Å²) in [4.78, 5) is 14.1. The Morgan fingerprint density at radius 3 is 2.85 bits per heavy atom. The van der Waals surface area contributed by atoms with Crippen LogP contribution in [0.15, 0.2) is 39.9 Å². The van der Waals surface area contributed by atoms with Crippen molar-refractivity contribution >= 4 is 44.7 Å². The lowest BCUT2D eigenvalue weighted by Gasteiger charge is -2.17. The van der Waals surface area contributed by atoms with Crippen molar-refractivity contribution in [2.45, 2.75) is 23.2 Å². The zero-order chi connectivity index (χ0) is 18.9. The number of nitrogens with one attached hydrogen (secondary N) is 2. The second-order valence-corrected chi connectivity index (χ2v) is 9.21. The van der Waals surface area contributed by atoms with Gasteiger partial charge in [0.05, 0.1) is 5.02 Å². The maximum Gasteiger partial charge on any atom is 0.250 e. The highest BCUT2D eigenvalue weighted by Gasteiger charge is 2.35. The van der Waals surface area contributed by atoms with Gasteiger partial charge in [-0.05, 0) is 24.1 Å². The molecule has 7 nitrogen and oxygen atoms in total. The van der Waals surface area contributed by atoms with Crippen molar-refractivity contribution in [3.8, 4) is 0 Å². The van der Waals surface area contributed by atoms with E-state index >= 15 is 0 Å². The lowest BCUT2D eigenvalue weighted by Crippen LogP contribution is -2.41.